The number of ether oxygens (including phenoxy) is 1. The summed E-state index contributed by atoms with van der Waals surface area (Å²) in [4.78, 5) is 0. The summed E-state index contributed by atoms with van der Waals surface area (Å²) < 4.78 is 18.3. The fourth-order valence-electron chi connectivity index (χ4n) is 1.73. The molecule has 1 aliphatic heterocycles. The average Bonchev–Trinajstić information content (AvgIpc) is 2.57. The SMILES string of the molecule is Fc1cccc(CC2CCCO2)c1. The first-order chi connectivity index (χ1) is 6.34. The Morgan fingerprint density at radius 1 is 1.46 bits per heavy atom. The highest BCUT2D eigenvalue weighted by Gasteiger charge is 2.15. The van der Waals surface area contributed by atoms with E-state index in [1.807, 2.05) is 6.07 Å². The quantitative estimate of drug-likeness (QED) is 0.679. The molecule has 70 valence electrons. The van der Waals surface area contributed by atoms with E-state index in [1.54, 1.807) is 12.1 Å². The molecule has 1 atom stereocenters. The summed E-state index contributed by atoms with van der Waals surface area (Å²) in [5.74, 6) is -0.157. The Morgan fingerprint density at radius 2 is 2.38 bits per heavy atom. The molecule has 1 aromatic rings. The van der Waals surface area contributed by atoms with E-state index in [0.717, 1.165) is 31.4 Å². The van der Waals surface area contributed by atoms with Gasteiger partial charge in [0.05, 0.1) is 6.10 Å². The van der Waals surface area contributed by atoms with Crippen molar-refractivity contribution >= 4 is 0 Å². The van der Waals surface area contributed by atoms with Crippen molar-refractivity contribution in [2.75, 3.05) is 6.61 Å². The van der Waals surface area contributed by atoms with Crippen LogP contribution in [0.2, 0.25) is 0 Å². The molecule has 1 unspecified atom stereocenters. The fourth-order valence-corrected chi connectivity index (χ4v) is 1.73. The van der Waals surface area contributed by atoms with Crippen LogP contribution >= 0.6 is 0 Å². The van der Waals surface area contributed by atoms with Crippen molar-refractivity contribution in [2.24, 2.45) is 0 Å². The standard InChI is InChI=1S/C11H13FO/c12-10-4-1-3-9(7-10)8-11-5-2-6-13-11/h1,3-4,7,11H,2,5-6,8H2. The molecule has 1 nitrogen and oxygen atoms in total. The summed E-state index contributed by atoms with van der Waals surface area (Å²) in [5, 5.41) is 0. The first-order valence-corrected chi connectivity index (χ1v) is 4.70. The minimum Gasteiger partial charge on any atom is -0.378 e. The summed E-state index contributed by atoms with van der Waals surface area (Å²) in [6.45, 7) is 0.861. The molecule has 0 spiro atoms. The van der Waals surface area contributed by atoms with Gasteiger partial charge in [0.1, 0.15) is 5.82 Å². The monoisotopic (exact) mass is 180 g/mol. The zero-order valence-electron chi connectivity index (χ0n) is 7.50. The third-order valence-electron chi connectivity index (χ3n) is 2.38. The second-order valence-corrected chi connectivity index (χ2v) is 3.47. The molecule has 1 fully saturated rings. The zero-order valence-corrected chi connectivity index (χ0v) is 7.50. The van der Waals surface area contributed by atoms with Crippen LogP contribution in [0.4, 0.5) is 4.39 Å². The lowest BCUT2D eigenvalue weighted by Gasteiger charge is -2.08. The number of halogens is 1. The van der Waals surface area contributed by atoms with E-state index in [1.165, 1.54) is 6.07 Å². The van der Waals surface area contributed by atoms with Crippen LogP contribution in [-0.4, -0.2) is 12.7 Å². The van der Waals surface area contributed by atoms with Crippen LogP contribution in [0.15, 0.2) is 24.3 Å². The van der Waals surface area contributed by atoms with E-state index in [0.29, 0.717) is 6.10 Å². The number of rotatable bonds is 2. The molecule has 1 saturated heterocycles. The van der Waals surface area contributed by atoms with E-state index < -0.39 is 0 Å². The Morgan fingerprint density at radius 3 is 3.08 bits per heavy atom. The molecule has 1 heterocycles. The maximum atomic E-state index is 12.8. The molecule has 0 aliphatic carbocycles. The Balaban J connectivity index is 2.00. The largest absolute Gasteiger partial charge is 0.378 e. The molecule has 13 heavy (non-hydrogen) atoms. The lowest BCUT2D eigenvalue weighted by Crippen LogP contribution is -2.08. The molecule has 0 aromatic heterocycles. The van der Waals surface area contributed by atoms with Crippen molar-refractivity contribution < 1.29 is 9.13 Å². The highest BCUT2D eigenvalue weighted by Crippen LogP contribution is 2.17. The summed E-state index contributed by atoms with van der Waals surface area (Å²) in [6.07, 6.45) is 3.40. The first-order valence-electron chi connectivity index (χ1n) is 4.70. The van der Waals surface area contributed by atoms with Gasteiger partial charge in [-0.1, -0.05) is 12.1 Å². The van der Waals surface area contributed by atoms with Gasteiger partial charge < -0.3 is 4.74 Å². The summed E-state index contributed by atoms with van der Waals surface area (Å²) >= 11 is 0. The van der Waals surface area contributed by atoms with E-state index >= 15 is 0 Å². The highest BCUT2D eigenvalue weighted by molar-refractivity contribution is 5.17. The van der Waals surface area contributed by atoms with Crippen molar-refractivity contribution in [1.29, 1.82) is 0 Å². The Hall–Kier alpha value is -0.890. The van der Waals surface area contributed by atoms with Gasteiger partial charge in [0.15, 0.2) is 0 Å². The van der Waals surface area contributed by atoms with Crippen molar-refractivity contribution in [2.45, 2.75) is 25.4 Å². The van der Waals surface area contributed by atoms with E-state index in [2.05, 4.69) is 0 Å². The molecule has 1 aromatic carbocycles. The van der Waals surface area contributed by atoms with Crippen LogP contribution in [-0.2, 0) is 11.2 Å². The molecule has 0 amide bonds. The van der Waals surface area contributed by atoms with Crippen LogP contribution in [0.3, 0.4) is 0 Å². The third-order valence-corrected chi connectivity index (χ3v) is 2.38. The van der Waals surface area contributed by atoms with E-state index in [-0.39, 0.29) is 5.82 Å². The lowest BCUT2D eigenvalue weighted by molar-refractivity contribution is 0.111. The molecule has 0 radical (unpaired) electrons. The second kappa shape index (κ2) is 3.88. The van der Waals surface area contributed by atoms with Crippen molar-refractivity contribution in [1.82, 2.24) is 0 Å². The zero-order chi connectivity index (χ0) is 9.10. The summed E-state index contributed by atoms with van der Waals surface area (Å²) in [5.41, 5.74) is 1.03. The molecule has 0 N–H and O–H groups in total. The van der Waals surface area contributed by atoms with Crippen LogP contribution in [0, 0.1) is 5.82 Å². The average molecular weight is 180 g/mol. The van der Waals surface area contributed by atoms with Crippen LogP contribution in [0.25, 0.3) is 0 Å². The third kappa shape index (κ3) is 2.28. The Bertz CT molecular complexity index is 279. The van der Waals surface area contributed by atoms with Gasteiger partial charge in [-0.05, 0) is 37.0 Å². The summed E-state index contributed by atoms with van der Waals surface area (Å²) in [6, 6.07) is 6.76. The predicted molar refractivity (Wildman–Crippen MR) is 49.1 cm³/mol. The molecule has 2 rings (SSSR count). The Kier molecular flexibility index (Phi) is 2.60. The van der Waals surface area contributed by atoms with Gasteiger partial charge in [0.2, 0.25) is 0 Å². The van der Waals surface area contributed by atoms with Crippen molar-refractivity contribution in [3.05, 3.63) is 35.6 Å². The molecule has 2 heteroatoms. The number of hydrogen-bond donors (Lipinski definition) is 0. The predicted octanol–water partition coefficient (Wildman–Crippen LogP) is 2.55. The van der Waals surface area contributed by atoms with E-state index in [4.69, 9.17) is 4.74 Å². The van der Waals surface area contributed by atoms with Gasteiger partial charge in [-0.3, -0.25) is 0 Å². The highest BCUT2D eigenvalue weighted by atomic mass is 19.1. The van der Waals surface area contributed by atoms with Gasteiger partial charge in [-0.2, -0.15) is 0 Å². The van der Waals surface area contributed by atoms with Crippen molar-refractivity contribution in [3.63, 3.8) is 0 Å². The maximum Gasteiger partial charge on any atom is 0.123 e. The van der Waals surface area contributed by atoms with Crippen LogP contribution < -0.4 is 0 Å². The van der Waals surface area contributed by atoms with E-state index in [9.17, 15) is 4.39 Å². The molecular weight excluding hydrogens is 167 g/mol. The number of benzene rings is 1. The Labute approximate surface area is 77.5 Å². The molecule has 1 aliphatic rings. The lowest BCUT2D eigenvalue weighted by atomic mass is 10.1. The smallest absolute Gasteiger partial charge is 0.123 e. The van der Waals surface area contributed by atoms with Gasteiger partial charge >= 0.3 is 0 Å². The molecular formula is C11H13FO. The number of hydrogen-bond acceptors (Lipinski definition) is 1. The van der Waals surface area contributed by atoms with Gasteiger partial charge in [0, 0.05) is 6.61 Å². The maximum absolute atomic E-state index is 12.8. The topological polar surface area (TPSA) is 9.23 Å². The van der Waals surface area contributed by atoms with Gasteiger partial charge in [0.25, 0.3) is 0 Å². The molecule has 0 saturated carbocycles. The first kappa shape index (κ1) is 8.70. The van der Waals surface area contributed by atoms with Crippen LogP contribution in [0.1, 0.15) is 18.4 Å². The molecule has 0 bridgehead atoms. The van der Waals surface area contributed by atoms with Gasteiger partial charge in [-0.25, -0.2) is 4.39 Å². The van der Waals surface area contributed by atoms with Crippen molar-refractivity contribution in [3.8, 4) is 0 Å². The fraction of sp³-hybridized carbons (Fsp3) is 0.455. The normalized spacial score (nSPS) is 22.1. The second-order valence-electron chi connectivity index (χ2n) is 3.47. The van der Waals surface area contributed by atoms with Gasteiger partial charge in [-0.15, -0.1) is 0 Å². The summed E-state index contributed by atoms with van der Waals surface area (Å²) in [7, 11) is 0. The minimum absolute atomic E-state index is 0.157. The van der Waals surface area contributed by atoms with Crippen LogP contribution in [0.5, 0.6) is 0 Å². The minimum atomic E-state index is -0.157.